The first-order valence-electron chi connectivity index (χ1n) is 9.37. The molecule has 0 bridgehead atoms. The summed E-state index contributed by atoms with van der Waals surface area (Å²) in [4.78, 5) is 17.9. The van der Waals surface area contributed by atoms with Crippen molar-refractivity contribution in [2.75, 3.05) is 43.1 Å². The van der Waals surface area contributed by atoms with E-state index >= 15 is 0 Å². The lowest BCUT2D eigenvalue weighted by molar-refractivity contribution is 0.179. The van der Waals surface area contributed by atoms with Crippen molar-refractivity contribution in [3.05, 3.63) is 30.4 Å². The van der Waals surface area contributed by atoms with E-state index in [4.69, 9.17) is 9.47 Å². The van der Waals surface area contributed by atoms with Gasteiger partial charge in [-0.25, -0.2) is 15.0 Å². The van der Waals surface area contributed by atoms with Crippen LogP contribution in [0.25, 0.3) is 10.9 Å². The summed E-state index contributed by atoms with van der Waals surface area (Å²) in [7, 11) is 1.66. The van der Waals surface area contributed by atoms with Crippen LogP contribution < -0.4 is 14.5 Å². The fraction of sp³-hybridized carbons (Fsp3) is 0.474. The lowest BCUT2D eigenvalue weighted by Crippen LogP contribution is -2.46. The smallest absolute Gasteiger partial charge is 0.224 e. The van der Waals surface area contributed by atoms with Crippen LogP contribution in [0, 0.1) is 0 Å². The van der Waals surface area contributed by atoms with Gasteiger partial charge in [0.05, 0.1) is 17.0 Å². The highest BCUT2D eigenvalue weighted by atomic mass is 32.1. The zero-order valence-corrected chi connectivity index (χ0v) is 17.1. The number of aromatic nitrogens is 4. The van der Waals surface area contributed by atoms with Crippen molar-refractivity contribution in [1.29, 1.82) is 0 Å². The second-order valence-corrected chi connectivity index (χ2v) is 7.68. The highest BCUT2D eigenvalue weighted by molar-refractivity contribution is 7.09. The minimum absolute atomic E-state index is 0.0696. The molecule has 0 atom stereocenters. The van der Waals surface area contributed by atoms with Crippen molar-refractivity contribution in [3.63, 3.8) is 0 Å². The maximum absolute atomic E-state index is 5.86. The Kier molecular flexibility index (Phi) is 5.54. The van der Waals surface area contributed by atoms with Crippen molar-refractivity contribution in [2.24, 2.45) is 0 Å². The molecule has 148 valence electrons. The van der Waals surface area contributed by atoms with Crippen LogP contribution in [0.15, 0.2) is 24.5 Å². The molecule has 3 aromatic rings. The van der Waals surface area contributed by atoms with Crippen molar-refractivity contribution in [2.45, 2.75) is 26.6 Å². The zero-order chi connectivity index (χ0) is 19.5. The molecule has 8 nitrogen and oxygen atoms in total. The number of rotatable bonds is 6. The molecular weight excluding hydrogens is 376 g/mol. The second kappa shape index (κ2) is 8.24. The fourth-order valence-electron chi connectivity index (χ4n) is 3.25. The van der Waals surface area contributed by atoms with Gasteiger partial charge in [0.25, 0.3) is 0 Å². The molecule has 0 unspecified atom stereocenters. The number of ether oxygens (including phenoxy) is 2. The average molecular weight is 401 g/mol. The lowest BCUT2D eigenvalue weighted by atomic mass is 10.2. The van der Waals surface area contributed by atoms with Gasteiger partial charge in [0.15, 0.2) is 5.82 Å². The van der Waals surface area contributed by atoms with E-state index in [0.29, 0.717) is 12.5 Å². The van der Waals surface area contributed by atoms with E-state index < -0.39 is 0 Å². The maximum Gasteiger partial charge on any atom is 0.224 e. The van der Waals surface area contributed by atoms with Crippen molar-refractivity contribution in [1.82, 2.24) is 19.3 Å². The summed E-state index contributed by atoms with van der Waals surface area (Å²) in [5, 5.41) is 1.91. The van der Waals surface area contributed by atoms with E-state index in [0.717, 1.165) is 53.7 Å². The van der Waals surface area contributed by atoms with E-state index in [1.165, 1.54) is 11.5 Å². The Labute approximate surface area is 168 Å². The lowest BCUT2D eigenvalue weighted by Gasteiger charge is -2.35. The fourth-order valence-corrected chi connectivity index (χ4v) is 3.98. The van der Waals surface area contributed by atoms with Gasteiger partial charge in [-0.15, -0.1) is 0 Å². The Hall–Kier alpha value is -2.52. The standard InChI is InChI=1S/C19H24N6O2S/c1-13(2)27-18-15-10-14(4-5-16(15)20-12-21-18)24-6-8-25(9-7-24)19-22-17(11-26-3)23-28-19/h4-5,10,12-13H,6-9,11H2,1-3H3. The summed E-state index contributed by atoms with van der Waals surface area (Å²) in [5.41, 5.74) is 2.06. The Morgan fingerprint density at radius 2 is 1.89 bits per heavy atom. The summed E-state index contributed by atoms with van der Waals surface area (Å²) >= 11 is 1.44. The third-order valence-electron chi connectivity index (χ3n) is 4.58. The van der Waals surface area contributed by atoms with Gasteiger partial charge in [0.2, 0.25) is 11.0 Å². The number of hydrogen-bond acceptors (Lipinski definition) is 9. The normalized spacial score (nSPS) is 14.9. The third kappa shape index (κ3) is 4.00. The van der Waals surface area contributed by atoms with E-state index in [1.54, 1.807) is 13.4 Å². The summed E-state index contributed by atoms with van der Waals surface area (Å²) in [6.45, 7) is 8.10. The van der Waals surface area contributed by atoms with Crippen LogP contribution in [0.3, 0.4) is 0 Å². The molecule has 0 N–H and O–H groups in total. The van der Waals surface area contributed by atoms with Gasteiger partial charge in [-0.05, 0) is 32.0 Å². The maximum atomic E-state index is 5.86. The largest absolute Gasteiger partial charge is 0.474 e. The molecule has 0 radical (unpaired) electrons. The summed E-state index contributed by atoms with van der Waals surface area (Å²) in [6, 6.07) is 6.28. The van der Waals surface area contributed by atoms with Crippen LogP contribution in [0.4, 0.5) is 10.8 Å². The molecule has 2 aromatic heterocycles. The molecular formula is C19H24N6O2S. The monoisotopic (exact) mass is 400 g/mol. The molecule has 0 spiro atoms. The average Bonchev–Trinajstić information content (AvgIpc) is 3.17. The van der Waals surface area contributed by atoms with Crippen LogP contribution in [0.5, 0.6) is 5.88 Å². The van der Waals surface area contributed by atoms with E-state index in [9.17, 15) is 0 Å². The minimum Gasteiger partial charge on any atom is -0.474 e. The van der Waals surface area contributed by atoms with Crippen molar-refractivity contribution in [3.8, 4) is 5.88 Å². The van der Waals surface area contributed by atoms with Gasteiger partial charge in [-0.3, -0.25) is 0 Å². The van der Waals surface area contributed by atoms with Gasteiger partial charge < -0.3 is 19.3 Å². The number of methoxy groups -OCH3 is 1. The summed E-state index contributed by atoms with van der Waals surface area (Å²) < 4.78 is 15.3. The van der Waals surface area contributed by atoms with E-state index in [1.807, 2.05) is 19.9 Å². The number of nitrogens with zero attached hydrogens (tertiary/aromatic N) is 6. The summed E-state index contributed by atoms with van der Waals surface area (Å²) in [6.07, 6.45) is 1.62. The van der Waals surface area contributed by atoms with E-state index in [2.05, 4.69) is 41.3 Å². The van der Waals surface area contributed by atoms with Crippen LogP contribution in [0.2, 0.25) is 0 Å². The Morgan fingerprint density at radius 3 is 2.64 bits per heavy atom. The van der Waals surface area contributed by atoms with Gasteiger partial charge in [0, 0.05) is 50.5 Å². The molecule has 0 amide bonds. The molecule has 0 aliphatic carbocycles. The predicted molar refractivity (Wildman–Crippen MR) is 110 cm³/mol. The highest BCUT2D eigenvalue weighted by Gasteiger charge is 2.21. The topological polar surface area (TPSA) is 76.5 Å². The number of anilines is 2. The molecule has 28 heavy (non-hydrogen) atoms. The molecule has 9 heteroatoms. The third-order valence-corrected chi connectivity index (χ3v) is 5.39. The highest BCUT2D eigenvalue weighted by Crippen LogP contribution is 2.28. The molecule has 4 rings (SSSR count). The quantitative estimate of drug-likeness (QED) is 0.625. The first-order chi connectivity index (χ1) is 13.6. The summed E-state index contributed by atoms with van der Waals surface area (Å²) in [5.74, 6) is 1.39. The number of hydrogen-bond donors (Lipinski definition) is 0. The first kappa shape index (κ1) is 18.8. The number of benzene rings is 1. The van der Waals surface area contributed by atoms with Crippen LogP contribution in [-0.2, 0) is 11.3 Å². The SMILES string of the molecule is COCc1nsc(N2CCN(c3ccc4ncnc(OC(C)C)c4c3)CC2)n1. The Balaban J connectivity index is 1.48. The Bertz CT molecular complexity index is 939. The molecule has 1 aromatic carbocycles. The molecule has 0 saturated carbocycles. The molecule has 3 heterocycles. The van der Waals surface area contributed by atoms with Gasteiger partial charge >= 0.3 is 0 Å². The zero-order valence-electron chi connectivity index (χ0n) is 16.3. The van der Waals surface area contributed by atoms with Crippen molar-refractivity contribution < 1.29 is 9.47 Å². The number of piperazine rings is 1. The first-order valence-corrected chi connectivity index (χ1v) is 10.1. The second-order valence-electron chi connectivity index (χ2n) is 6.95. The van der Waals surface area contributed by atoms with Gasteiger partial charge in [-0.1, -0.05) is 0 Å². The number of fused-ring (bicyclic) bond motifs is 1. The molecule has 1 aliphatic rings. The Morgan fingerprint density at radius 1 is 1.11 bits per heavy atom. The van der Waals surface area contributed by atoms with Crippen LogP contribution >= 0.6 is 11.5 Å². The minimum atomic E-state index is 0.0696. The molecule has 1 saturated heterocycles. The van der Waals surface area contributed by atoms with Crippen LogP contribution in [0.1, 0.15) is 19.7 Å². The van der Waals surface area contributed by atoms with Gasteiger partial charge in [-0.2, -0.15) is 4.37 Å². The van der Waals surface area contributed by atoms with Crippen molar-refractivity contribution >= 4 is 33.3 Å². The van der Waals surface area contributed by atoms with Gasteiger partial charge in [0.1, 0.15) is 12.9 Å². The molecule has 1 fully saturated rings. The van der Waals surface area contributed by atoms with Crippen LogP contribution in [-0.4, -0.2) is 58.7 Å². The molecule has 1 aliphatic heterocycles. The van der Waals surface area contributed by atoms with E-state index in [-0.39, 0.29) is 6.10 Å². The predicted octanol–water partition coefficient (Wildman–Crippen LogP) is 2.74.